The van der Waals surface area contributed by atoms with E-state index in [0.29, 0.717) is 22.8 Å². The van der Waals surface area contributed by atoms with Gasteiger partial charge in [-0.3, -0.25) is 4.98 Å². The van der Waals surface area contributed by atoms with Crippen LogP contribution in [0.25, 0.3) is 22.8 Å². The molecule has 0 unspecified atom stereocenters. The molecule has 0 aliphatic rings. The zero-order valence-electron chi connectivity index (χ0n) is 11.1. The number of rotatable bonds is 3. The van der Waals surface area contributed by atoms with Gasteiger partial charge in [0.05, 0.1) is 19.5 Å². The predicted octanol–water partition coefficient (Wildman–Crippen LogP) is 1.98. The summed E-state index contributed by atoms with van der Waals surface area (Å²) in [6.45, 7) is 0. The Morgan fingerprint density at radius 1 is 1.24 bits per heavy atom. The first-order valence-corrected chi connectivity index (χ1v) is 6.05. The maximum atomic E-state index is 11.8. The van der Waals surface area contributed by atoms with Crippen molar-refractivity contribution in [2.45, 2.75) is 0 Å². The lowest BCUT2D eigenvalue weighted by molar-refractivity contribution is 0.0594. The van der Waals surface area contributed by atoms with E-state index in [2.05, 4.69) is 19.9 Å². The smallest absolute Gasteiger partial charge is 0.358 e. The molecule has 0 aromatic carbocycles. The largest absolute Gasteiger partial charge is 0.464 e. The molecule has 0 radical (unpaired) electrons. The van der Waals surface area contributed by atoms with Crippen LogP contribution in [0.15, 0.2) is 47.6 Å². The monoisotopic (exact) mass is 282 g/mol. The van der Waals surface area contributed by atoms with Gasteiger partial charge in [-0.15, -0.1) is 0 Å². The van der Waals surface area contributed by atoms with Crippen LogP contribution in [0.5, 0.6) is 0 Å². The molecule has 0 N–H and O–H groups in total. The third kappa shape index (κ3) is 2.48. The van der Waals surface area contributed by atoms with Gasteiger partial charge >= 0.3 is 5.97 Å². The summed E-state index contributed by atoms with van der Waals surface area (Å²) < 4.78 is 9.92. The van der Waals surface area contributed by atoms with Crippen molar-refractivity contribution >= 4 is 5.97 Å². The molecule has 0 atom stereocenters. The molecular weight excluding hydrogens is 272 g/mol. The van der Waals surface area contributed by atoms with E-state index < -0.39 is 5.97 Å². The van der Waals surface area contributed by atoms with Crippen LogP contribution in [0.2, 0.25) is 0 Å². The van der Waals surface area contributed by atoms with Crippen LogP contribution in [-0.4, -0.2) is 33.0 Å². The normalized spacial score (nSPS) is 10.3. The second-order valence-electron chi connectivity index (χ2n) is 4.02. The summed E-state index contributed by atoms with van der Waals surface area (Å²) >= 11 is 0. The lowest BCUT2D eigenvalue weighted by Crippen LogP contribution is -2.09. The topological polar surface area (TPSA) is 91.0 Å². The van der Waals surface area contributed by atoms with Crippen molar-refractivity contribution in [2.75, 3.05) is 7.11 Å². The van der Waals surface area contributed by atoms with Gasteiger partial charge in [0.25, 0.3) is 0 Å². The Morgan fingerprint density at radius 3 is 2.81 bits per heavy atom. The van der Waals surface area contributed by atoms with Gasteiger partial charge < -0.3 is 9.15 Å². The van der Waals surface area contributed by atoms with E-state index in [0.717, 1.165) is 0 Å². The van der Waals surface area contributed by atoms with Gasteiger partial charge in [0.15, 0.2) is 5.69 Å². The summed E-state index contributed by atoms with van der Waals surface area (Å²) in [5.41, 5.74) is 1.55. The number of carbonyl (C=O) groups excluding carboxylic acids is 1. The molecule has 104 valence electrons. The quantitative estimate of drug-likeness (QED) is 0.678. The van der Waals surface area contributed by atoms with Gasteiger partial charge in [-0.25, -0.2) is 19.7 Å². The van der Waals surface area contributed by atoms with Gasteiger partial charge in [0.2, 0.25) is 5.89 Å². The molecule has 3 aromatic rings. The highest BCUT2D eigenvalue weighted by atomic mass is 16.5. The van der Waals surface area contributed by atoms with Crippen LogP contribution in [0, 0.1) is 0 Å². The molecule has 0 fully saturated rings. The number of ether oxygens (including phenoxy) is 1. The van der Waals surface area contributed by atoms with Crippen molar-refractivity contribution in [3.05, 3.63) is 48.9 Å². The Hall–Kier alpha value is -3.09. The average molecular weight is 282 g/mol. The highest BCUT2D eigenvalue weighted by Gasteiger charge is 2.19. The molecule has 0 spiro atoms. The SMILES string of the molecule is COC(=O)c1ncc(-c2ncco2)nc1-c1cccnc1. The maximum absolute atomic E-state index is 11.8. The lowest BCUT2D eigenvalue weighted by atomic mass is 10.1. The van der Waals surface area contributed by atoms with Crippen molar-refractivity contribution < 1.29 is 13.9 Å². The minimum absolute atomic E-state index is 0.112. The summed E-state index contributed by atoms with van der Waals surface area (Å²) in [5.74, 6) is -0.246. The fraction of sp³-hybridized carbons (Fsp3) is 0.0714. The molecule has 7 nitrogen and oxygen atoms in total. The maximum Gasteiger partial charge on any atom is 0.358 e. The Balaban J connectivity index is 2.17. The minimum Gasteiger partial charge on any atom is -0.464 e. The number of carbonyl (C=O) groups is 1. The minimum atomic E-state index is -0.569. The van der Waals surface area contributed by atoms with Gasteiger partial charge in [-0.05, 0) is 12.1 Å². The number of aromatic nitrogens is 4. The molecule has 3 heterocycles. The first-order chi connectivity index (χ1) is 10.3. The molecule has 7 heteroatoms. The molecule has 0 bridgehead atoms. The standard InChI is InChI=1S/C14H10N4O3/c1-20-14(19)12-11(9-3-2-4-15-7-9)18-10(8-17-12)13-16-5-6-21-13/h2-8H,1H3. The number of nitrogens with zero attached hydrogens (tertiary/aromatic N) is 4. The van der Waals surface area contributed by atoms with Crippen molar-refractivity contribution in [1.29, 1.82) is 0 Å². The highest BCUT2D eigenvalue weighted by molar-refractivity contribution is 5.94. The number of hydrogen-bond acceptors (Lipinski definition) is 7. The van der Waals surface area contributed by atoms with E-state index in [9.17, 15) is 4.79 Å². The molecule has 3 aromatic heterocycles. The average Bonchev–Trinajstić information content (AvgIpc) is 3.09. The summed E-state index contributed by atoms with van der Waals surface area (Å²) in [7, 11) is 1.29. The van der Waals surface area contributed by atoms with Crippen LogP contribution in [0.4, 0.5) is 0 Å². The molecular formula is C14H10N4O3. The molecule has 0 saturated carbocycles. The van der Waals surface area contributed by atoms with Crippen LogP contribution in [0.1, 0.15) is 10.5 Å². The first-order valence-electron chi connectivity index (χ1n) is 6.05. The van der Waals surface area contributed by atoms with Gasteiger partial charge in [0, 0.05) is 18.0 Å². The summed E-state index contributed by atoms with van der Waals surface area (Å²) in [6.07, 6.45) is 7.59. The molecule has 3 rings (SSSR count). The fourth-order valence-electron chi connectivity index (χ4n) is 1.79. The molecule has 0 amide bonds. The number of esters is 1. The van der Waals surface area contributed by atoms with Crippen molar-refractivity contribution in [3.8, 4) is 22.8 Å². The van der Waals surface area contributed by atoms with Crippen LogP contribution in [-0.2, 0) is 4.74 Å². The number of oxazole rings is 1. The predicted molar refractivity (Wildman–Crippen MR) is 72.1 cm³/mol. The zero-order valence-corrected chi connectivity index (χ0v) is 11.1. The Bertz CT molecular complexity index is 757. The van der Waals surface area contributed by atoms with Crippen LogP contribution >= 0.6 is 0 Å². The van der Waals surface area contributed by atoms with Gasteiger partial charge in [-0.1, -0.05) is 0 Å². The Kier molecular flexibility index (Phi) is 3.38. The fourth-order valence-corrected chi connectivity index (χ4v) is 1.79. The molecule has 0 aliphatic heterocycles. The van der Waals surface area contributed by atoms with Crippen molar-refractivity contribution in [2.24, 2.45) is 0 Å². The molecule has 0 aliphatic carbocycles. The Morgan fingerprint density at radius 2 is 2.14 bits per heavy atom. The lowest BCUT2D eigenvalue weighted by Gasteiger charge is -2.07. The second kappa shape index (κ2) is 5.49. The Labute approximate surface area is 119 Å². The highest BCUT2D eigenvalue weighted by Crippen LogP contribution is 2.23. The molecule has 0 saturated heterocycles. The van der Waals surface area contributed by atoms with E-state index in [1.165, 1.54) is 25.8 Å². The van der Waals surface area contributed by atoms with E-state index in [1.807, 2.05) is 0 Å². The number of pyridine rings is 1. The number of hydrogen-bond donors (Lipinski definition) is 0. The second-order valence-corrected chi connectivity index (χ2v) is 4.02. The van der Waals surface area contributed by atoms with Crippen molar-refractivity contribution in [3.63, 3.8) is 0 Å². The third-order valence-corrected chi connectivity index (χ3v) is 2.74. The van der Waals surface area contributed by atoms with Crippen LogP contribution in [0.3, 0.4) is 0 Å². The van der Waals surface area contributed by atoms with Crippen molar-refractivity contribution in [1.82, 2.24) is 19.9 Å². The van der Waals surface area contributed by atoms with E-state index in [-0.39, 0.29) is 5.69 Å². The molecule has 21 heavy (non-hydrogen) atoms. The number of methoxy groups -OCH3 is 1. The third-order valence-electron chi connectivity index (χ3n) is 2.74. The van der Waals surface area contributed by atoms with E-state index in [1.54, 1.807) is 24.5 Å². The first kappa shape index (κ1) is 12.9. The van der Waals surface area contributed by atoms with Crippen LogP contribution < -0.4 is 0 Å². The van der Waals surface area contributed by atoms with E-state index in [4.69, 9.17) is 9.15 Å². The van der Waals surface area contributed by atoms with E-state index >= 15 is 0 Å². The summed E-state index contributed by atoms with van der Waals surface area (Å²) in [6, 6.07) is 3.53. The van der Waals surface area contributed by atoms with Gasteiger partial charge in [0.1, 0.15) is 17.7 Å². The summed E-state index contributed by atoms with van der Waals surface area (Å²) in [4.78, 5) is 28.4. The summed E-state index contributed by atoms with van der Waals surface area (Å²) in [5, 5.41) is 0. The van der Waals surface area contributed by atoms with Gasteiger partial charge in [-0.2, -0.15) is 0 Å². The zero-order chi connectivity index (χ0) is 14.7.